The maximum Gasteiger partial charge on any atom is 0.123 e. The van der Waals surface area contributed by atoms with E-state index in [0.717, 1.165) is 51.0 Å². The Bertz CT molecular complexity index is 652. The van der Waals surface area contributed by atoms with Crippen molar-refractivity contribution in [3.05, 3.63) is 60.5 Å². The van der Waals surface area contributed by atoms with E-state index in [1.54, 1.807) is 0 Å². The fourth-order valence-corrected chi connectivity index (χ4v) is 3.90. The number of H-pyrrole nitrogens is 1. The largest absolute Gasteiger partial charge is 0.347 e. The van der Waals surface area contributed by atoms with Gasteiger partial charge in [0.2, 0.25) is 0 Å². The van der Waals surface area contributed by atoms with Gasteiger partial charge in [-0.05, 0) is 63.2 Å². The number of fused-ring (bicyclic) bond motifs is 1. The van der Waals surface area contributed by atoms with Crippen LogP contribution in [0.1, 0.15) is 61.3 Å². The van der Waals surface area contributed by atoms with Gasteiger partial charge in [-0.1, -0.05) is 12.1 Å². The Kier molecular flexibility index (Phi) is 6.36. The van der Waals surface area contributed by atoms with E-state index in [-0.39, 0.29) is 6.04 Å². The van der Waals surface area contributed by atoms with Gasteiger partial charge in [0.05, 0.1) is 17.8 Å². The van der Waals surface area contributed by atoms with Crippen LogP contribution in [0.15, 0.2) is 43.4 Å². The molecule has 0 radical (unpaired) electrons. The second-order valence-electron chi connectivity index (χ2n) is 6.70. The lowest BCUT2D eigenvalue weighted by Gasteiger charge is -2.39. The summed E-state index contributed by atoms with van der Waals surface area (Å²) in [4.78, 5) is 15.2. The first kappa shape index (κ1) is 17.8. The predicted octanol–water partition coefficient (Wildman–Crippen LogP) is 3.54. The van der Waals surface area contributed by atoms with Crippen molar-refractivity contribution in [2.45, 2.75) is 50.6 Å². The molecule has 0 fully saturated rings. The Hall–Kier alpha value is -1.98. The van der Waals surface area contributed by atoms with E-state index < -0.39 is 0 Å². The summed E-state index contributed by atoms with van der Waals surface area (Å²) >= 11 is 0. The summed E-state index contributed by atoms with van der Waals surface area (Å²) < 4.78 is 0. The normalized spacial score (nSPS) is 18.1. The number of rotatable bonds is 9. The van der Waals surface area contributed by atoms with Gasteiger partial charge >= 0.3 is 0 Å². The van der Waals surface area contributed by atoms with Crippen LogP contribution in [0.5, 0.6) is 0 Å². The molecular weight excluding hydrogens is 310 g/mol. The Morgan fingerprint density at radius 1 is 1.36 bits per heavy atom. The summed E-state index contributed by atoms with van der Waals surface area (Å²) in [5.74, 6) is 1.01. The number of aromatic amines is 1. The minimum Gasteiger partial charge on any atom is -0.347 e. The molecule has 25 heavy (non-hydrogen) atoms. The van der Waals surface area contributed by atoms with Crippen LogP contribution >= 0.6 is 0 Å². The Morgan fingerprint density at radius 2 is 2.28 bits per heavy atom. The van der Waals surface area contributed by atoms with Gasteiger partial charge in [-0.25, -0.2) is 4.98 Å². The topological polar surface area (TPSA) is 70.8 Å². The molecule has 2 heterocycles. The molecule has 3 N–H and O–H groups in total. The van der Waals surface area contributed by atoms with Crippen molar-refractivity contribution in [1.29, 1.82) is 0 Å². The number of aryl methyl sites for hydroxylation is 1. The summed E-state index contributed by atoms with van der Waals surface area (Å²) in [6.07, 6.45) is 14.1. The van der Waals surface area contributed by atoms with Gasteiger partial charge in [-0.2, -0.15) is 0 Å². The number of pyridine rings is 1. The number of nitrogens with zero attached hydrogens (tertiary/aromatic N) is 3. The molecule has 5 heteroatoms. The van der Waals surface area contributed by atoms with Crippen LogP contribution in [0, 0.1) is 0 Å². The van der Waals surface area contributed by atoms with E-state index in [0.29, 0.717) is 6.04 Å². The SMILES string of the molecule is C=CC[C@@H](c1ncc[nH]1)N(CCCCN)C1CCCc2cccnc21. The van der Waals surface area contributed by atoms with E-state index in [1.165, 1.54) is 17.7 Å². The van der Waals surface area contributed by atoms with Crippen LogP contribution in [0.25, 0.3) is 0 Å². The van der Waals surface area contributed by atoms with E-state index in [1.807, 2.05) is 30.7 Å². The molecule has 0 amide bonds. The van der Waals surface area contributed by atoms with Gasteiger partial charge in [0, 0.05) is 18.6 Å². The minimum absolute atomic E-state index is 0.197. The van der Waals surface area contributed by atoms with Gasteiger partial charge in [0.25, 0.3) is 0 Å². The molecule has 0 saturated carbocycles. The monoisotopic (exact) mass is 339 g/mol. The first-order valence-corrected chi connectivity index (χ1v) is 9.35. The number of aromatic nitrogens is 3. The van der Waals surface area contributed by atoms with Crippen molar-refractivity contribution >= 4 is 0 Å². The number of nitrogens with one attached hydrogen (secondary N) is 1. The summed E-state index contributed by atoms with van der Waals surface area (Å²) in [6, 6.07) is 4.80. The molecule has 5 nitrogen and oxygen atoms in total. The van der Waals surface area contributed by atoms with Gasteiger partial charge in [-0.3, -0.25) is 9.88 Å². The van der Waals surface area contributed by atoms with Gasteiger partial charge in [0.1, 0.15) is 5.82 Å². The fraction of sp³-hybridized carbons (Fsp3) is 0.500. The number of hydrogen-bond acceptors (Lipinski definition) is 4. The van der Waals surface area contributed by atoms with Gasteiger partial charge in [0.15, 0.2) is 0 Å². The molecule has 0 saturated heterocycles. The third kappa shape index (κ3) is 4.17. The van der Waals surface area contributed by atoms with E-state index >= 15 is 0 Å². The molecular formula is C20H29N5. The molecule has 134 valence electrons. The zero-order chi connectivity index (χ0) is 17.5. The van der Waals surface area contributed by atoms with Crippen LogP contribution in [0.4, 0.5) is 0 Å². The highest BCUT2D eigenvalue weighted by molar-refractivity contribution is 5.26. The van der Waals surface area contributed by atoms with Crippen molar-refractivity contribution in [2.24, 2.45) is 5.73 Å². The standard InChI is InChI=1S/C20H29N5/c1-2-7-18(20-23-13-14-24-20)25(15-4-3-11-21)17-10-5-8-16-9-6-12-22-19(16)17/h2,6,9,12-14,17-18H,1,3-5,7-8,10-11,15,21H2,(H,23,24)/t17?,18-/m0/s1. The third-order valence-corrected chi connectivity index (χ3v) is 5.06. The van der Waals surface area contributed by atoms with Crippen molar-refractivity contribution < 1.29 is 0 Å². The smallest absolute Gasteiger partial charge is 0.123 e. The lowest BCUT2D eigenvalue weighted by molar-refractivity contribution is 0.109. The first-order chi connectivity index (χ1) is 12.3. The van der Waals surface area contributed by atoms with E-state index in [4.69, 9.17) is 10.7 Å². The zero-order valence-electron chi connectivity index (χ0n) is 14.9. The molecule has 2 atom stereocenters. The molecule has 0 spiro atoms. The molecule has 0 aromatic carbocycles. The summed E-state index contributed by atoms with van der Waals surface area (Å²) in [7, 11) is 0. The first-order valence-electron chi connectivity index (χ1n) is 9.35. The zero-order valence-corrected chi connectivity index (χ0v) is 14.9. The highest BCUT2D eigenvalue weighted by atomic mass is 15.2. The van der Waals surface area contributed by atoms with Crippen molar-refractivity contribution in [1.82, 2.24) is 19.9 Å². The van der Waals surface area contributed by atoms with Crippen LogP contribution < -0.4 is 5.73 Å². The second-order valence-corrected chi connectivity index (χ2v) is 6.70. The number of imidazole rings is 1. The van der Waals surface area contributed by atoms with E-state index in [2.05, 4.69) is 27.5 Å². The number of hydrogen-bond donors (Lipinski definition) is 2. The quantitative estimate of drug-likeness (QED) is 0.541. The van der Waals surface area contributed by atoms with Crippen LogP contribution in [-0.4, -0.2) is 32.9 Å². The maximum absolute atomic E-state index is 5.73. The molecule has 1 aliphatic rings. The Labute approximate surface area is 150 Å². The average molecular weight is 339 g/mol. The summed E-state index contributed by atoms with van der Waals surface area (Å²) in [6.45, 7) is 5.71. The van der Waals surface area contributed by atoms with Gasteiger partial charge in [-0.15, -0.1) is 6.58 Å². The van der Waals surface area contributed by atoms with Crippen LogP contribution in [-0.2, 0) is 6.42 Å². The Morgan fingerprint density at radius 3 is 3.04 bits per heavy atom. The van der Waals surface area contributed by atoms with E-state index in [9.17, 15) is 0 Å². The van der Waals surface area contributed by atoms with Crippen LogP contribution in [0.3, 0.4) is 0 Å². The molecule has 2 aromatic heterocycles. The molecule has 1 aliphatic carbocycles. The summed E-state index contributed by atoms with van der Waals surface area (Å²) in [5, 5.41) is 0. The predicted molar refractivity (Wildman–Crippen MR) is 101 cm³/mol. The highest BCUT2D eigenvalue weighted by Crippen LogP contribution is 2.38. The second kappa shape index (κ2) is 8.92. The average Bonchev–Trinajstić information content (AvgIpc) is 3.18. The van der Waals surface area contributed by atoms with Crippen LogP contribution in [0.2, 0.25) is 0 Å². The van der Waals surface area contributed by atoms with Crippen molar-refractivity contribution in [2.75, 3.05) is 13.1 Å². The highest BCUT2D eigenvalue weighted by Gasteiger charge is 2.32. The maximum atomic E-state index is 5.73. The molecule has 0 aliphatic heterocycles. The fourth-order valence-electron chi connectivity index (χ4n) is 3.90. The van der Waals surface area contributed by atoms with Crippen molar-refractivity contribution in [3.8, 4) is 0 Å². The lowest BCUT2D eigenvalue weighted by Crippen LogP contribution is -2.36. The molecule has 2 aromatic rings. The van der Waals surface area contributed by atoms with Gasteiger partial charge < -0.3 is 10.7 Å². The Balaban J connectivity index is 1.92. The molecule has 3 rings (SSSR count). The minimum atomic E-state index is 0.197. The summed E-state index contributed by atoms with van der Waals surface area (Å²) in [5.41, 5.74) is 8.36. The van der Waals surface area contributed by atoms with Crippen molar-refractivity contribution in [3.63, 3.8) is 0 Å². The number of unbranched alkanes of at least 4 members (excludes halogenated alkanes) is 1. The lowest BCUT2D eigenvalue weighted by atomic mass is 9.89. The number of nitrogens with two attached hydrogens (primary N) is 1. The molecule has 1 unspecified atom stereocenters. The molecule has 0 bridgehead atoms. The third-order valence-electron chi connectivity index (χ3n) is 5.06.